The first-order valence-electron chi connectivity index (χ1n) is 8.16. The van der Waals surface area contributed by atoms with Gasteiger partial charge in [-0.05, 0) is 36.6 Å². The highest BCUT2D eigenvalue weighted by Gasteiger charge is 2.24. The molecule has 2 aromatic rings. The molecule has 1 aromatic carbocycles. The van der Waals surface area contributed by atoms with Gasteiger partial charge in [0.2, 0.25) is 0 Å². The van der Waals surface area contributed by atoms with E-state index in [1.807, 2.05) is 43.5 Å². The number of amides is 1. The number of aryl methyl sites for hydroxylation is 1. The van der Waals surface area contributed by atoms with Crippen molar-refractivity contribution in [1.82, 2.24) is 4.98 Å². The van der Waals surface area contributed by atoms with Crippen LogP contribution in [0.25, 0.3) is 11.6 Å². The van der Waals surface area contributed by atoms with E-state index in [0.717, 1.165) is 28.1 Å². The molecule has 2 heterocycles. The molecule has 25 heavy (non-hydrogen) atoms. The van der Waals surface area contributed by atoms with Crippen molar-refractivity contribution in [1.29, 1.82) is 0 Å². The van der Waals surface area contributed by atoms with Crippen LogP contribution in [0.3, 0.4) is 0 Å². The van der Waals surface area contributed by atoms with Gasteiger partial charge in [0, 0.05) is 29.6 Å². The second-order valence-electron chi connectivity index (χ2n) is 5.87. The van der Waals surface area contributed by atoms with E-state index in [4.69, 9.17) is 9.84 Å². The molecule has 1 aliphatic rings. The number of hydrogen-bond donors (Lipinski definition) is 3. The summed E-state index contributed by atoms with van der Waals surface area (Å²) >= 11 is 0. The molecule has 0 bridgehead atoms. The number of para-hydroxylation sites is 1. The van der Waals surface area contributed by atoms with Crippen molar-refractivity contribution in [3.63, 3.8) is 0 Å². The maximum atomic E-state index is 12.2. The minimum absolute atomic E-state index is 0.0127. The van der Waals surface area contributed by atoms with Crippen LogP contribution in [0.4, 0.5) is 5.69 Å². The van der Waals surface area contributed by atoms with Gasteiger partial charge in [-0.15, -0.1) is 0 Å². The third-order valence-corrected chi connectivity index (χ3v) is 4.18. The Bertz CT molecular complexity index is 836. The topological polar surface area (TPSA) is 91.4 Å². The third kappa shape index (κ3) is 3.64. The molecular weight excluding hydrogens is 320 g/mol. The Morgan fingerprint density at radius 2 is 2.12 bits per heavy atom. The monoisotopic (exact) mass is 340 g/mol. The van der Waals surface area contributed by atoms with Gasteiger partial charge in [0.1, 0.15) is 6.61 Å². The third-order valence-electron chi connectivity index (χ3n) is 4.18. The molecule has 130 valence electrons. The quantitative estimate of drug-likeness (QED) is 0.556. The minimum atomic E-state index is -0.350. The first kappa shape index (κ1) is 17.0. The van der Waals surface area contributed by atoms with Gasteiger partial charge in [-0.1, -0.05) is 18.2 Å². The van der Waals surface area contributed by atoms with E-state index >= 15 is 0 Å². The SMILES string of the molecule is Cc1c[nH]c(C=C2C(=O)Nc3ccccc32)c1CCC(=O)OCCO. The lowest BCUT2D eigenvalue weighted by Gasteiger charge is -2.05. The van der Waals surface area contributed by atoms with Gasteiger partial charge in [-0.25, -0.2) is 0 Å². The number of fused-ring (bicyclic) bond motifs is 1. The van der Waals surface area contributed by atoms with Gasteiger partial charge in [-0.2, -0.15) is 0 Å². The van der Waals surface area contributed by atoms with Gasteiger partial charge in [0.15, 0.2) is 0 Å². The zero-order valence-electron chi connectivity index (χ0n) is 14.0. The number of esters is 1. The molecule has 0 spiro atoms. The van der Waals surface area contributed by atoms with Crippen molar-refractivity contribution >= 4 is 29.2 Å². The van der Waals surface area contributed by atoms with Crippen LogP contribution in [0.1, 0.15) is 28.8 Å². The van der Waals surface area contributed by atoms with Crippen LogP contribution in [-0.2, 0) is 20.7 Å². The van der Waals surface area contributed by atoms with Crippen LogP contribution in [-0.4, -0.2) is 35.2 Å². The number of aromatic nitrogens is 1. The van der Waals surface area contributed by atoms with Gasteiger partial charge in [0.25, 0.3) is 5.91 Å². The summed E-state index contributed by atoms with van der Waals surface area (Å²) in [6, 6.07) is 7.54. The van der Waals surface area contributed by atoms with E-state index in [-0.39, 0.29) is 31.5 Å². The summed E-state index contributed by atoms with van der Waals surface area (Å²) in [6.45, 7) is 1.79. The van der Waals surface area contributed by atoms with Crippen molar-refractivity contribution < 1.29 is 19.4 Å². The fourth-order valence-corrected chi connectivity index (χ4v) is 2.92. The zero-order valence-corrected chi connectivity index (χ0v) is 14.0. The van der Waals surface area contributed by atoms with Crippen LogP contribution < -0.4 is 5.32 Å². The lowest BCUT2D eigenvalue weighted by molar-refractivity contribution is -0.144. The molecule has 0 fully saturated rings. The van der Waals surface area contributed by atoms with Crippen LogP contribution >= 0.6 is 0 Å². The Morgan fingerprint density at radius 3 is 2.92 bits per heavy atom. The highest BCUT2D eigenvalue weighted by molar-refractivity contribution is 6.34. The molecule has 3 N–H and O–H groups in total. The summed E-state index contributed by atoms with van der Waals surface area (Å²) in [7, 11) is 0. The number of nitrogens with one attached hydrogen (secondary N) is 2. The fraction of sp³-hybridized carbons (Fsp3) is 0.263. The number of carbonyl (C=O) groups excluding carboxylic acids is 2. The van der Waals surface area contributed by atoms with E-state index in [9.17, 15) is 9.59 Å². The Balaban J connectivity index is 1.82. The summed E-state index contributed by atoms with van der Waals surface area (Å²) < 4.78 is 4.89. The van der Waals surface area contributed by atoms with E-state index in [0.29, 0.717) is 12.0 Å². The maximum Gasteiger partial charge on any atom is 0.306 e. The summed E-state index contributed by atoms with van der Waals surface area (Å²) in [5, 5.41) is 11.5. The van der Waals surface area contributed by atoms with Crippen molar-refractivity contribution in [3.8, 4) is 0 Å². The Kier molecular flexibility index (Phi) is 5.00. The van der Waals surface area contributed by atoms with Crippen molar-refractivity contribution in [2.45, 2.75) is 19.8 Å². The molecule has 1 aliphatic heterocycles. The van der Waals surface area contributed by atoms with E-state index in [1.165, 1.54) is 0 Å². The highest BCUT2D eigenvalue weighted by Crippen LogP contribution is 2.33. The van der Waals surface area contributed by atoms with E-state index in [2.05, 4.69) is 10.3 Å². The summed E-state index contributed by atoms with van der Waals surface area (Å²) in [5.41, 5.74) is 5.08. The van der Waals surface area contributed by atoms with Crippen LogP contribution in [0.15, 0.2) is 30.5 Å². The number of aliphatic hydroxyl groups is 1. The Hall–Kier alpha value is -2.86. The number of hydrogen-bond acceptors (Lipinski definition) is 4. The number of aliphatic hydroxyl groups excluding tert-OH is 1. The predicted octanol–water partition coefficient (Wildman–Crippen LogP) is 2.28. The minimum Gasteiger partial charge on any atom is -0.463 e. The molecule has 0 saturated carbocycles. The Labute approximate surface area is 145 Å². The highest BCUT2D eigenvalue weighted by atomic mass is 16.5. The molecular formula is C19H20N2O4. The van der Waals surface area contributed by atoms with Gasteiger partial charge >= 0.3 is 5.97 Å². The normalized spacial score (nSPS) is 14.5. The number of anilines is 1. The molecule has 6 nitrogen and oxygen atoms in total. The molecule has 1 amide bonds. The molecule has 0 atom stereocenters. The average molecular weight is 340 g/mol. The summed E-state index contributed by atoms with van der Waals surface area (Å²) in [4.78, 5) is 27.1. The van der Waals surface area contributed by atoms with Crippen LogP contribution in [0.5, 0.6) is 0 Å². The lowest BCUT2D eigenvalue weighted by atomic mass is 10.0. The van der Waals surface area contributed by atoms with Crippen molar-refractivity contribution in [2.24, 2.45) is 0 Å². The molecule has 0 unspecified atom stereocenters. The molecule has 0 aliphatic carbocycles. The van der Waals surface area contributed by atoms with E-state index < -0.39 is 0 Å². The number of ether oxygens (including phenoxy) is 1. The number of aromatic amines is 1. The van der Waals surface area contributed by atoms with Crippen LogP contribution in [0, 0.1) is 6.92 Å². The number of H-pyrrole nitrogens is 1. The summed E-state index contributed by atoms with van der Waals surface area (Å²) in [5.74, 6) is -0.487. The van der Waals surface area contributed by atoms with Crippen molar-refractivity contribution in [3.05, 3.63) is 52.8 Å². The van der Waals surface area contributed by atoms with Gasteiger partial charge in [-0.3, -0.25) is 9.59 Å². The smallest absolute Gasteiger partial charge is 0.306 e. The average Bonchev–Trinajstić information content (AvgIpc) is 3.11. The summed E-state index contributed by atoms with van der Waals surface area (Å²) in [6.07, 6.45) is 4.40. The Morgan fingerprint density at radius 1 is 1.32 bits per heavy atom. The lowest BCUT2D eigenvalue weighted by Crippen LogP contribution is -2.09. The predicted molar refractivity (Wildman–Crippen MR) is 94.8 cm³/mol. The zero-order chi connectivity index (χ0) is 17.8. The fourth-order valence-electron chi connectivity index (χ4n) is 2.92. The number of rotatable bonds is 6. The van der Waals surface area contributed by atoms with Gasteiger partial charge in [0.05, 0.1) is 12.2 Å². The van der Waals surface area contributed by atoms with Gasteiger partial charge < -0.3 is 20.1 Å². The first-order chi connectivity index (χ1) is 12.1. The second-order valence-corrected chi connectivity index (χ2v) is 5.87. The molecule has 6 heteroatoms. The largest absolute Gasteiger partial charge is 0.463 e. The maximum absolute atomic E-state index is 12.2. The number of benzene rings is 1. The second kappa shape index (κ2) is 7.36. The molecule has 1 aromatic heterocycles. The molecule has 0 radical (unpaired) electrons. The molecule has 0 saturated heterocycles. The standard InChI is InChI=1S/C19H20N2O4/c1-12-11-20-17(13(12)6-7-18(23)25-9-8-22)10-15-14-4-2-3-5-16(14)21-19(15)24/h2-5,10-11,20,22H,6-9H2,1H3,(H,21,24). The van der Waals surface area contributed by atoms with E-state index in [1.54, 1.807) is 0 Å². The molecule has 3 rings (SSSR count). The first-order valence-corrected chi connectivity index (χ1v) is 8.16. The van der Waals surface area contributed by atoms with Crippen LogP contribution in [0.2, 0.25) is 0 Å². The number of carbonyl (C=O) groups is 2. The van der Waals surface area contributed by atoms with Crippen molar-refractivity contribution in [2.75, 3.05) is 18.5 Å².